The molecule has 1 heterocycles. The molecule has 2 unspecified atom stereocenters. The number of hydrogen-bond acceptors (Lipinski definition) is 2. The molecule has 17 heavy (non-hydrogen) atoms. The van der Waals surface area contributed by atoms with Gasteiger partial charge in [0.25, 0.3) is 0 Å². The lowest BCUT2D eigenvalue weighted by atomic mass is 10.1. The SMILES string of the molecule is CCC1CCC(C)N1c1ccc(C#N)c(Br)c1. The van der Waals surface area contributed by atoms with Gasteiger partial charge in [0, 0.05) is 22.2 Å². The average Bonchev–Trinajstić information content (AvgIpc) is 2.70. The minimum Gasteiger partial charge on any atom is -0.366 e. The van der Waals surface area contributed by atoms with Crippen molar-refractivity contribution in [3.63, 3.8) is 0 Å². The first-order valence-corrected chi connectivity index (χ1v) is 6.94. The van der Waals surface area contributed by atoms with Gasteiger partial charge in [0.2, 0.25) is 0 Å². The van der Waals surface area contributed by atoms with E-state index in [1.807, 2.05) is 6.07 Å². The average molecular weight is 293 g/mol. The van der Waals surface area contributed by atoms with Crippen molar-refractivity contribution in [1.82, 2.24) is 0 Å². The second-order valence-electron chi connectivity index (χ2n) is 4.67. The highest BCUT2D eigenvalue weighted by molar-refractivity contribution is 9.10. The first-order chi connectivity index (χ1) is 8.17. The van der Waals surface area contributed by atoms with Gasteiger partial charge in [-0.1, -0.05) is 6.92 Å². The molecular weight excluding hydrogens is 276 g/mol. The molecule has 2 rings (SSSR count). The molecular formula is C14H17BrN2. The molecule has 0 spiro atoms. The van der Waals surface area contributed by atoms with Crippen LogP contribution in [0, 0.1) is 11.3 Å². The highest BCUT2D eigenvalue weighted by Gasteiger charge is 2.29. The molecule has 3 heteroatoms. The summed E-state index contributed by atoms with van der Waals surface area (Å²) in [6.45, 7) is 4.52. The Hall–Kier alpha value is -1.01. The van der Waals surface area contributed by atoms with Gasteiger partial charge in [-0.25, -0.2) is 0 Å². The zero-order chi connectivity index (χ0) is 12.4. The third kappa shape index (κ3) is 2.32. The van der Waals surface area contributed by atoms with Crippen LogP contribution < -0.4 is 4.90 Å². The molecule has 1 aromatic rings. The first kappa shape index (κ1) is 12.4. The molecule has 0 bridgehead atoms. The smallest absolute Gasteiger partial charge is 0.100 e. The van der Waals surface area contributed by atoms with E-state index in [9.17, 15) is 0 Å². The van der Waals surface area contributed by atoms with Crippen LogP contribution in [-0.4, -0.2) is 12.1 Å². The summed E-state index contributed by atoms with van der Waals surface area (Å²) in [5, 5.41) is 8.93. The summed E-state index contributed by atoms with van der Waals surface area (Å²) in [4.78, 5) is 2.49. The third-order valence-corrected chi connectivity index (χ3v) is 4.28. The van der Waals surface area contributed by atoms with Crippen molar-refractivity contribution in [2.24, 2.45) is 0 Å². The van der Waals surface area contributed by atoms with Crippen LogP contribution in [0.5, 0.6) is 0 Å². The monoisotopic (exact) mass is 292 g/mol. The predicted octanol–water partition coefficient (Wildman–Crippen LogP) is 4.09. The fraction of sp³-hybridized carbons (Fsp3) is 0.500. The van der Waals surface area contributed by atoms with Gasteiger partial charge in [0.05, 0.1) is 5.56 Å². The van der Waals surface area contributed by atoms with Gasteiger partial charge < -0.3 is 4.90 Å². The second-order valence-corrected chi connectivity index (χ2v) is 5.53. The number of anilines is 1. The van der Waals surface area contributed by atoms with Gasteiger partial charge in [0.1, 0.15) is 6.07 Å². The molecule has 1 fully saturated rings. The van der Waals surface area contributed by atoms with E-state index in [0.717, 1.165) is 4.47 Å². The van der Waals surface area contributed by atoms with Crippen LogP contribution in [0.4, 0.5) is 5.69 Å². The van der Waals surface area contributed by atoms with E-state index in [4.69, 9.17) is 5.26 Å². The number of nitriles is 1. The Balaban J connectivity index is 2.33. The summed E-state index contributed by atoms with van der Waals surface area (Å²) < 4.78 is 0.895. The summed E-state index contributed by atoms with van der Waals surface area (Å²) in [5.74, 6) is 0. The van der Waals surface area contributed by atoms with Crippen LogP contribution in [0.15, 0.2) is 22.7 Å². The van der Waals surface area contributed by atoms with Crippen molar-refractivity contribution in [1.29, 1.82) is 5.26 Å². The van der Waals surface area contributed by atoms with Crippen LogP contribution in [0.25, 0.3) is 0 Å². The van der Waals surface area contributed by atoms with E-state index < -0.39 is 0 Å². The molecule has 0 radical (unpaired) electrons. The number of benzene rings is 1. The van der Waals surface area contributed by atoms with Crippen LogP contribution in [0.3, 0.4) is 0 Å². The molecule has 1 aromatic carbocycles. The van der Waals surface area contributed by atoms with E-state index in [1.165, 1.54) is 24.9 Å². The highest BCUT2D eigenvalue weighted by Crippen LogP contribution is 2.34. The van der Waals surface area contributed by atoms with Crippen molar-refractivity contribution >= 4 is 21.6 Å². The molecule has 0 aliphatic carbocycles. The Bertz CT molecular complexity index is 450. The largest absolute Gasteiger partial charge is 0.366 e. The van der Waals surface area contributed by atoms with Crippen molar-refractivity contribution < 1.29 is 0 Å². The predicted molar refractivity (Wildman–Crippen MR) is 74.1 cm³/mol. The fourth-order valence-corrected chi connectivity index (χ4v) is 3.15. The Morgan fingerprint density at radius 3 is 2.82 bits per heavy atom. The number of rotatable bonds is 2. The van der Waals surface area contributed by atoms with Crippen molar-refractivity contribution in [2.75, 3.05) is 4.90 Å². The molecule has 0 N–H and O–H groups in total. The second kappa shape index (κ2) is 5.10. The molecule has 2 atom stereocenters. The lowest BCUT2D eigenvalue weighted by molar-refractivity contribution is 0.628. The van der Waals surface area contributed by atoms with Crippen LogP contribution in [-0.2, 0) is 0 Å². The minimum absolute atomic E-state index is 0.597. The van der Waals surface area contributed by atoms with E-state index in [-0.39, 0.29) is 0 Å². The summed E-state index contributed by atoms with van der Waals surface area (Å²) in [6.07, 6.45) is 3.72. The van der Waals surface area contributed by atoms with Gasteiger partial charge in [-0.3, -0.25) is 0 Å². The molecule has 0 aromatic heterocycles. The quantitative estimate of drug-likeness (QED) is 0.821. The van der Waals surface area contributed by atoms with E-state index in [0.29, 0.717) is 17.6 Å². The molecule has 90 valence electrons. The fourth-order valence-electron chi connectivity index (χ4n) is 2.69. The van der Waals surface area contributed by atoms with E-state index in [1.54, 1.807) is 0 Å². The van der Waals surface area contributed by atoms with Crippen molar-refractivity contribution in [3.05, 3.63) is 28.2 Å². The molecule has 2 nitrogen and oxygen atoms in total. The minimum atomic E-state index is 0.597. The number of halogens is 1. The Kier molecular flexibility index (Phi) is 3.73. The maximum absolute atomic E-state index is 8.93. The van der Waals surface area contributed by atoms with E-state index >= 15 is 0 Å². The molecule has 1 aliphatic rings. The molecule has 1 aliphatic heterocycles. The summed E-state index contributed by atoms with van der Waals surface area (Å²) in [6, 6.07) is 9.46. The number of hydrogen-bond donors (Lipinski definition) is 0. The van der Waals surface area contributed by atoms with Crippen molar-refractivity contribution in [3.8, 4) is 6.07 Å². The van der Waals surface area contributed by atoms with E-state index in [2.05, 4.69) is 52.9 Å². The van der Waals surface area contributed by atoms with Gasteiger partial charge in [-0.2, -0.15) is 5.26 Å². The zero-order valence-corrected chi connectivity index (χ0v) is 11.9. The Labute approximate surface area is 111 Å². The van der Waals surface area contributed by atoms with Crippen molar-refractivity contribution in [2.45, 2.75) is 45.2 Å². The Morgan fingerprint density at radius 2 is 2.24 bits per heavy atom. The lowest BCUT2D eigenvalue weighted by Gasteiger charge is -2.30. The lowest BCUT2D eigenvalue weighted by Crippen LogP contribution is -2.34. The summed E-state index contributed by atoms with van der Waals surface area (Å²) in [7, 11) is 0. The molecule has 1 saturated heterocycles. The first-order valence-electron chi connectivity index (χ1n) is 6.15. The molecule has 0 amide bonds. The van der Waals surface area contributed by atoms with Gasteiger partial charge in [-0.15, -0.1) is 0 Å². The summed E-state index contributed by atoms with van der Waals surface area (Å²) >= 11 is 3.47. The Morgan fingerprint density at radius 1 is 1.47 bits per heavy atom. The van der Waals surface area contributed by atoms with Crippen LogP contribution >= 0.6 is 15.9 Å². The maximum Gasteiger partial charge on any atom is 0.100 e. The summed E-state index contributed by atoms with van der Waals surface area (Å²) in [5.41, 5.74) is 1.93. The normalized spacial score (nSPS) is 23.8. The van der Waals surface area contributed by atoms with Gasteiger partial charge in [0.15, 0.2) is 0 Å². The zero-order valence-electron chi connectivity index (χ0n) is 10.3. The standard InChI is InChI=1S/C14H17BrN2/c1-3-12-6-4-10(2)17(12)13-7-5-11(9-16)14(15)8-13/h5,7-8,10,12H,3-4,6H2,1-2H3. The maximum atomic E-state index is 8.93. The third-order valence-electron chi connectivity index (χ3n) is 3.63. The topological polar surface area (TPSA) is 27.0 Å². The van der Waals surface area contributed by atoms with Crippen LogP contribution in [0.1, 0.15) is 38.7 Å². The van der Waals surface area contributed by atoms with Crippen LogP contribution in [0.2, 0.25) is 0 Å². The van der Waals surface area contributed by atoms with Gasteiger partial charge >= 0.3 is 0 Å². The number of nitrogens with zero attached hydrogens (tertiary/aromatic N) is 2. The van der Waals surface area contributed by atoms with Gasteiger partial charge in [-0.05, 0) is 60.3 Å². The highest BCUT2D eigenvalue weighted by atomic mass is 79.9. The molecule has 0 saturated carbocycles.